The second-order valence-corrected chi connectivity index (χ2v) is 15.5. The quantitative estimate of drug-likeness (QED) is 0.223. The van der Waals surface area contributed by atoms with Crippen LogP contribution in [0.2, 0.25) is 13.1 Å². The molecule has 2 aromatic carbocycles. The van der Waals surface area contributed by atoms with Gasteiger partial charge in [0, 0.05) is 23.4 Å². The van der Waals surface area contributed by atoms with E-state index in [1.165, 1.54) is 54.4 Å². The average Bonchev–Trinajstić information content (AvgIpc) is 2.73. The van der Waals surface area contributed by atoms with Crippen LogP contribution in [-0.4, -0.2) is 13.9 Å². The van der Waals surface area contributed by atoms with Crippen LogP contribution in [0.4, 0.5) is 0 Å². The summed E-state index contributed by atoms with van der Waals surface area (Å²) >= 11 is 0. The van der Waals surface area contributed by atoms with E-state index in [1.54, 1.807) is 0 Å². The lowest BCUT2D eigenvalue weighted by atomic mass is 9.68. The number of hydrogen-bond acceptors (Lipinski definition) is 2. The van der Waals surface area contributed by atoms with Gasteiger partial charge in [-0.05, 0) is 82.8 Å². The lowest BCUT2D eigenvalue weighted by molar-refractivity contribution is 0.0110. The van der Waals surface area contributed by atoms with Gasteiger partial charge in [0.1, 0.15) is 17.1 Å². The van der Waals surface area contributed by atoms with Gasteiger partial charge in [-0.2, -0.15) is 0 Å². The van der Waals surface area contributed by atoms with Crippen LogP contribution in [0.3, 0.4) is 0 Å². The summed E-state index contributed by atoms with van der Waals surface area (Å²) in [5.74, 6) is 3.00. The van der Waals surface area contributed by atoms with Crippen molar-refractivity contribution in [2.75, 3.05) is 0 Å². The Balaban J connectivity index is 1.74. The topological polar surface area (TPSA) is 18.5 Å². The molecule has 2 nitrogen and oxygen atoms in total. The van der Waals surface area contributed by atoms with Gasteiger partial charge in [-0.3, -0.25) is 0 Å². The lowest BCUT2D eigenvalue weighted by Crippen LogP contribution is -2.46. The van der Waals surface area contributed by atoms with Crippen LogP contribution in [0, 0.1) is 5.92 Å². The first-order valence-electron chi connectivity index (χ1n) is 12.9. The molecule has 0 fully saturated rings. The first-order valence-corrected chi connectivity index (χ1v) is 16.1. The summed E-state index contributed by atoms with van der Waals surface area (Å²) in [6, 6.07) is 16.5. The SMILES string of the molecule is CCCCCc1cc2c(c(O[Si](C)(C)Cc3ccccc3)c1)[C@@H]1C=C(C)CC[C@H]1C(C)(C)O2. The Bertz CT molecular complexity index is 990. The Morgan fingerprint density at radius 2 is 1.82 bits per heavy atom. The number of hydrogen-bond donors (Lipinski definition) is 0. The molecule has 178 valence electrons. The zero-order valence-electron chi connectivity index (χ0n) is 21.5. The summed E-state index contributed by atoms with van der Waals surface area (Å²) in [6.07, 6.45) is 9.67. The molecular weight excluding hydrogens is 420 g/mol. The highest BCUT2D eigenvalue weighted by molar-refractivity contribution is 6.71. The number of allylic oxidation sites excluding steroid dienone is 2. The van der Waals surface area contributed by atoms with Crippen molar-refractivity contribution in [1.82, 2.24) is 0 Å². The highest BCUT2D eigenvalue weighted by Crippen LogP contribution is 2.54. The number of aryl methyl sites for hydroxylation is 1. The van der Waals surface area contributed by atoms with Crippen molar-refractivity contribution in [3.05, 3.63) is 70.8 Å². The molecule has 4 rings (SSSR count). The average molecular weight is 463 g/mol. The van der Waals surface area contributed by atoms with Crippen LogP contribution < -0.4 is 9.16 Å². The molecule has 0 bridgehead atoms. The second kappa shape index (κ2) is 9.70. The number of unbranched alkanes of at least 4 members (excludes halogenated alkanes) is 2. The number of fused-ring (bicyclic) bond motifs is 3. The van der Waals surface area contributed by atoms with E-state index in [4.69, 9.17) is 9.16 Å². The van der Waals surface area contributed by atoms with Gasteiger partial charge in [0.05, 0.1) is 0 Å². The van der Waals surface area contributed by atoms with Crippen molar-refractivity contribution in [2.45, 2.75) is 96.9 Å². The van der Waals surface area contributed by atoms with E-state index in [0.717, 1.165) is 24.0 Å². The molecule has 0 saturated heterocycles. The van der Waals surface area contributed by atoms with Crippen LogP contribution >= 0.6 is 0 Å². The fourth-order valence-corrected chi connectivity index (χ4v) is 7.85. The van der Waals surface area contributed by atoms with Gasteiger partial charge in [-0.15, -0.1) is 0 Å². The maximum atomic E-state index is 7.03. The van der Waals surface area contributed by atoms with Gasteiger partial charge in [-0.1, -0.05) is 61.7 Å². The largest absolute Gasteiger partial charge is 0.543 e. The molecule has 0 unspecified atom stereocenters. The number of benzene rings is 2. The van der Waals surface area contributed by atoms with E-state index < -0.39 is 8.32 Å². The Kier molecular flexibility index (Phi) is 7.09. The van der Waals surface area contributed by atoms with E-state index in [9.17, 15) is 0 Å². The normalized spacial score (nSPS) is 21.5. The predicted molar refractivity (Wildman–Crippen MR) is 142 cm³/mol. The first kappa shape index (κ1) is 24.1. The van der Waals surface area contributed by atoms with Gasteiger partial charge in [0.2, 0.25) is 8.32 Å². The van der Waals surface area contributed by atoms with Crippen molar-refractivity contribution in [1.29, 1.82) is 0 Å². The molecule has 0 amide bonds. The minimum absolute atomic E-state index is 0.162. The van der Waals surface area contributed by atoms with Crippen molar-refractivity contribution in [2.24, 2.45) is 5.92 Å². The smallest absolute Gasteiger partial charge is 0.249 e. The Labute approximate surface area is 202 Å². The first-order chi connectivity index (χ1) is 15.7. The summed E-state index contributed by atoms with van der Waals surface area (Å²) in [5.41, 5.74) is 5.36. The van der Waals surface area contributed by atoms with E-state index in [1.807, 2.05) is 0 Å². The molecule has 1 heterocycles. The molecule has 0 radical (unpaired) electrons. The number of ether oxygens (including phenoxy) is 1. The highest BCUT2D eigenvalue weighted by Gasteiger charge is 2.46. The van der Waals surface area contributed by atoms with Crippen molar-refractivity contribution >= 4 is 8.32 Å². The Hall–Kier alpha value is -2.00. The number of rotatable bonds is 8. The van der Waals surface area contributed by atoms with Crippen molar-refractivity contribution in [3.8, 4) is 11.5 Å². The molecule has 1 aliphatic heterocycles. The molecule has 0 saturated carbocycles. The molecule has 3 heteroatoms. The Morgan fingerprint density at radius 3 is 2.55 bits per heavy atom. The molecular formula is C30H42O2Si. The molecule has 2 aromatic rings. The van der Waals surface area contributed by atoms with Gasteiger partial charge in [-0.25, -0.2) is 0 Å². The minimum Gasteiger partial charge on any atom is -0.543 e. The van der Waals surface area contributed by atoms with Gasteiger partial charge >= 0.3 is 0 Å². The second-order valence-electron chi connectivity index (χ2n) is 11.4. The van der Waals surface area contributed by atoms with Crippen LogP contribution in [0.15, 0.2) is 54.1 Å². The third-order valence-corrected chi connectivity index (χ3v) is 9.47. The van der Waals surface area contributed by atoms with Crippen molar-refractivity contribution in [3.63, 3.8) is 0 Å². The predicted octanol–water partition coefficient (Wildman–Crippen LogP) is 8.40. The fourth-order valence-electron chi connectivity index (χ4n) is 5.79. The minimum atomic E-state index is -1.99. The highest BCUT2D eigenvalue weighted by atomic mass is 28.4. The molecule has 0 N–H and O–H groups in total. The summed E-state index contributed by atoms with van der Waals surface area (Å²) in [6.45, 7) is 13.8. The summed E-state index contributed by atoms with van der Waals surface area (Å²) in [7, 11) is -1.99. The van der Waals surface area contributed by atoms with Crippen LogP contribution in [0.25, 0.3) is 0 Å². The zero-order chi connectivity index (χ0) is 23.6. The standard InChI is InChI=1S/C30H42O2Si/c1-7-8-10-15-24-19-27-29(25-18-22(2)16-17-26(25)30(3,4)31-27)28(20-24)32-33(5,6)21-23-13-11-9-12-14-23/h9,11-14,18-20,25-26H,7-8,10,15-17,21H2,1-6H3/t25-,26-/m1/s1. The molecule has 2 aliphatic rings. The van der Waals surface area contributed by atoms with E-state index in [-0.39, 0.29) is 5.60 Å². The van der Waals surface area contributed by atoms with Crippen molar-refractivity contribution < 1.29 is 9.16 Å². The van der Waals surface area contributed by atoms with Crippen LogP contribution in [-0.2, 0) is 12.5 Å². The maximum absolute atomic E-state index is 7.03. The van der Waals surface area contributed by atoms with Gasteiger partial charge in [0.15, 0.2) is 0 Å². The summed E-state index contributed by atoms with van der Waals surface area (Å²) in [4.78, 5) is 0. The maximum Gasteiger partial charge on any atom is 0.249 e. The Morgan fingerprint density at radius 1 is 1.06 bits per heavy atom. The van der Waals surface area contributed by atoms with Crippen LogP contribution in [0.1, 0.15) is 82.4 Å². The van der Waals surface area contributed by atoms with E-state index >= 15 is 0 Å². The monoisotopic (exact) mass is 462 g/mol. The molecule has 0 aromatic heterocycles. The fraction of sp³-hybridized carbons (Fsp3) is 0.533. The van der Waals surface area contributed by atoms with Gasteiger partial charge < -0.3 is 9.16 Å². The van der Waals surface area contributed by atoms with E-state index in [2.05, 4.69) is 89.3 Å². The molecule has 2 atom stereocenters. The molecule has 0 spiro atoms. The third kappa shape index (κ3) is 5.57. The molecule has 33 heavy (non-hydrogen) atoms. The van der Waals surface area contributed by atoms with E-state index in [0.29, 0.717) is 11.8 Å². The van der Waals surface area contributed by atoms with Gasteiger partial charge in [0.25, 0.3) is 0 Å². The summed E-state index contributed by atoms with van der Waals surface area (Å²) in [5, 5.41) is 0. The summed E-state index contributed by atoms with van der Waals surface area (Å²) < 4.78 is 13.8. The zero-order valence-corrected chi connectivity index (χ0v) is 22.5. The lowest BCUT2D eigenvalue weighted by Gasteiger charge is -2.47. The molecule has 1 aliphatic carbocycles. The van der Waals surface area contributed by atoms with Crippen LogP contribution in [0.5, 0.6) is 11.5 Å². The third-order valence-electron chi connectivity index (χ3n) is 7.44.